The Morgan fingerprint density at radius 3 is 2.74 bits per heavy atom. The van der Waals surface area contributed by atoms with Crippen LogP contribution in [0, 0.1) is 5.92 Å². The average Bonchev–Trinajstić information content (AvgIpc) is 3.49. The lowest BCUT2D eigenvalue weighted by Crippen LogP contribution is -2.40. The number of aryl methyl sites for hydroxylation is 2. The number of carbonyl (C=O) groups excluding carboxylic acids is 2. The van der Waals surface area contributed by atoms with Gasteiger partial charge >= 0.3 is 5.97 Å². The van der Waals surface area contributed by atoms with E-state index in [1.165, 1.54) is 11.3 Å². The molecule has 34 heavy (non-hydrogen) atoms. The van der Waals surface area contributed by atoms with Crippen molar-refractivity contribution >= 4 is 39.2 Å². The molecule has 1 aliphatic rings. The van der Waals surface area contributed by atoms with Gasteiger partial charge in [-0.25, -0.2) is 0 Å². The summed E-state index contributed by atoms with van der Waals surface area (Å²) in [6.07, 6.45) is 3.61. The van der Waals surface area contributed by atoms with Gasteiger partial charge in [0.15, 0.2) is 0 Å². The van der Waals surface area contributed by atoms with E-state index in [1.807, 2.05) is 20.7 Å². The van der Waals surface area contributed by atoms with Gasteiger partial charge in [0.1, 0.15) is 10.5 Å². The first-order valence-corrected chi connectivity index (χ1v) is 12.7. The molecule has 10 nitrogen and oxygen atoms in total. The third-order valence-corrected chi connectivity index (χ3v) is 7.16. The molecular formula is C23H31N5O5S. The summed E-state index contributed by atoms with van der Waals surface area (Å²) in [6, 6.07) is 1.92. The number of thiophene rings is 1. The predicted molar refractivity (Wildman–Crippen MR) is 128 cm³/mol. The molecule has 0 unspecified atom stereocenters. The second-order valence-electron chi connectivity index (χ2n) is 8.45. The van der Waals surface area contributed by atoms with Crippen molar-refractivity contribution in [1.82, 2.24) is 24.1 Å². The monoisotopic (exact) mass is 489 g/mol. The molecule has 0 N–H and O–H groups in total. The summed E-state index contributed by atoms with van der Waals surface area (Å²) < 4.78 is 14.5. The van der Waals surface area contributed by atoms with Gasteiger partial charge in [-0.1, -0.05) is 0 Å². The number of piperidine rings is 1. The number of hydrogen-bond donors (Lipinski definition) is 0. The number of carbonyl (C=O) groups is 2. The maximum atomic E-state index is 13.0. The summed E-state index contributed by atoms with van der Waals surface area (Å²) in [6.45, 7) is 4.41. The first-order chi connectivity index (χ1) is 16.5. The summed E-state index contributed by atoms with van der Waals surface area (Å²) >= 11 is 1.41. The highest BCUT2D eigenvalue weighted by molar-refractivity contribution is 7.17. The SMILES string of the molecule is CCOC(=O)C1CCN(C(=O)CCCc2nnc3n(CCCOC)c(=O)c4sccc4n23)CC1. The first-order valence-electron chi connectivity index (χ1n) is 11.8. The van der Waals surface area contributed by atoms with E-state index in [-0.39, 0.29) is 23.4 Å². The Kier molecular flexibility index (Phi) is 7.94. The van der Waals surface area contributed by atoms with E-state index >= 15 is 0 Å². The zero-order valence-corrected chi connectivity index (χ0v) is 20.5. The molecule has 4 heterocycles. The quantitative estimate of drug-likeness (QED) is 0.317. The topological polar surface area (TPSA) is 108 Å². The predicted octanol–water partition coefficient (Wildman–Crippen LogP) is 2.27. The smallest absolute Gasteiger partial charge is 0.309 e. The minimum atomic E-state index is -0.159. The molecular weight excluding hydrogens is 458 g/mol. The van der Waals surface area contributed by atoms with Gasteiger partial charge < -0.3 is 14.4 Å². The van der Waals surface area contributed by atoms with Crippen molar-refractivity contribution in [1.29, 1.82) is 0 Å². The van der Waals surface area contributed by atoms with Gasteiger partial charge in [0, 0.05) is 46.2 Å². The highest BCUT2D eigenvalue weighted by Gasteiger charge is 2.28. The maximum absolute atomic E-state index is 13.0. The molecule has 1 amide bonds. The number of fused-ring (bicyclic) bond motifs is 3. The number of likely N-dealkylation sites (tertiary alicyclic amines) is 1. The number of nitrogens with zero attached hydrogens (tertiary/aromatic N) is 5. The van der Waals surface area contributed by atoms with Crippen molar-refractivity contribution < 1.29 is 19.1 Å². The lowest BCUT2D eigenvalue weighted by atomic mass is 9.96. The van der Waals surface area contributed by atoms with Gasteiger partial charge in [0.25, 0.3) is 5.56 Å². The number of methoxy groups -OCH3 is 1. The maximum Gasteiger partial charge on any atom is 0.309 e. The normalized spacial score (nSPS) is 14.8. The van der Waals surface area contributed by atoms with Crippen LogP contribution >= 0.6 is 11.3 Å². The standard InChI is InChI=1S/C23H31N5O5S/c1-3-33-22(31)16-8-12-26(13-9-16)19(29)7-4-6-18-24-25-23-27(11-5-14-32-2)21(30)20-17(28(18)23)10-15-34-20/h10,15-16H,3-9,11-14H2,1-2H3. The zero-order chi connectivity index (χ0) is 24.1. The third-order valence-electron chi connectivity index (χ3n) is 6.27. The molecule has 1 saturated heterocycles. The highest BCUT2D eigenvalue weighted by Crippen LogP contribution is 2.22. The van der Waals surface area contributed by atoms with E-state index in [0.717, 1.165) is 11.3 Å². The van der Waals surface area contributed by atoms with Crippen LogP contribution in [0.15, 0.2) is 16.2 Å². The second-order valence-corrected chi connectivity index (χ2v) is 9.37. The molecule has 0 radical (unpaired) electrons. The Labute approximate surface area is 201 Å². The minimum absolute atomic E-state index is 0.0612. The lowest BCUT2D eigenvalue weighted by Gasteiger charge is -2.31. The molecule has 1 aliphatic heterocycles. The molecule has 11 heteroatoms. The first kappa shape index (κ1) is 24.3. The molecule has 0 aliphatic carbocycles. The van der Waals surface area contributed by atoms with Crippen molar-refractivity contribution in [2.24, 2.45) is 5.92 Å². The summed E-state index contributed by atoms with van der Waals surface area (Å²) in [7, 11) is 1.64. The number of amides is 1. The fourth-order valence-corrected chi connectivity index (χ4v) is 5.32. The van der Waals surface area contributed by atoms with E-state index in [2.05, 4.69) is 10.2 Å². The fourth-order valence-electron chi connectivity index (χ4n) is 4.49. The van der Waals surface area contributed by atoms with Crippen LogP contribution in [0.3, 0.4) is 0 Å². The number of rotatable bonds is 10. The van der Waals surface area contributed by atoms with Gasteiger partial charge in [-0.2, -0.15) is 0 Å². The largest absolute Gasteiger partial charge is 0.466 e. The Morgan fingerprint density at radius 1 is 1.21 bits per heavy atom. The molecule has 0 bridgehead atoms. The Bertz CT molecular complexity index is 1210. The van der Waals surface area contributed by atoms with Crippen LogP contribution in [-0.4, -0.2) is 69.4 Å². The summed E-state index contributed by atoms with van der Waals surface area (Å²) in [5, 5.41) is 10.6. The van der Waals surface area contributed by atoms with Crippen LogP contribution in [0.1, 0.15) is 44.9 Å². The molecule has 0 spiro atoms. The summed E-state index contributed by atoms with van der Waals surface area (Å²) in [5.74, 6) is 1.09. The van der Waals surface area contributed by atoms with Crippen LogP contribution < -0.4 is 5.56 Å². The Morgan fingerprint density at radius 2 is 2.00 bits per heavy atom. The summed E-state index contributed by atoms with van der Waals surface area (Å²) in [4.78, 5) is 39.4. The van der Waals surface area contributed by atoms with Gasteiger partial charge in [0.2, 0.25) is 11.7 Å². The number of aromatic nitrogens is 4. The number of hydrogen-bond acceptors (Lipinski definition) is 8. The van der Waals surface area contributed by atoms with E-state index < -0.39 is 0 Å². The molecule has 3 aromatic rings. The van der Waals surface area contributed by atoms with E-state index in [1.54, 1.807) is 18.6 Å². The van der Waals surface area contributed by atoms with Gasteiger partial charge in [-0.3, -0.25) is 23.4 Å². The lowest BCUT2D eigenvalue weighted by molar-refractivity contribution is -0.151. The number of esters is 1. The number of ether oxygens (including phenoxy) is 2. The van der Waals surface area contributed by atoms with Crippen LogP contribution in [-0.2, 0) is 32.0 Å². The van der Waals surface area contributed by atoms with Crippen molar-refractivity contribution in [2.75, 3.05) is 33.4 Å². The highest BCUT2D eigenvalue weighted by atomic mass is 32.1. The van der Waals surface area contributed by atoms with Crippen molar-refractivity contribution in [3.05, 3.63) is 27.6 Å². The van der Waals surface area contributed by atoms with Crippen LogP contribution in [0.5, 0.6) is 0 Å². The molecule has 184 valence electrons. The fraction of sp³-hybridized carbons (Fsp3) is 0.609. The van der Waals surface area contributed by atoms with Crippen molar-refractivity contribution in [3.8, 4) is 0 Å². The van der Waals surface area contributed by atoms with Crippen LogP contribution in [0.25, 0.3) is 16.0 Å². The van der Waals surface area contributed by atoms with E-state index in [0.29, 0.717) is 81.9 Å². The van der Waals surface area contributed by atoms with Gasteiger partial charge in [-0.15, -0.1) is 21.5 Å². The molecule has 3 aromatic heterocycles. The van der Waals surface area contributed by atoms with E-state index in [9.17, 15) is 14.4 Å². The van der Waals surface area contributed by atoms with Crippen molar-refractivity contribution in [2.45, 2.75) is 52.0 Å². The minimum Gasteiger partial charge on any atom is -0.466 e. The summed E-state index contributed by atoms with van der Waals surface area (Å²) in [5.41, 5.74) is 0.745. The molecule has 1 fully saturated rings. The second kappa shape index (κ2) is 11.1. The third kappa shape index (κ3) is 5.00. The average molecular weight is 490 g/mol. The molecule has 0 atom stereocenters. The van der Waals surface area contributed by atoms with Crippen LogP contribution in [0.4, 0.5) is 0 Å². The molecule has 4 rings (SSSR count). The molecule has 0 saturated carbocycles. The van der Waals surface area contributed by atoms with Gasteiger partial charge in [-0.05, 0) is 44.1 Å². The van der Waals surface area contributed by atoms with E-state index in [4.69, 9.17) is 9.47 Å². The van der Waals surface area contributed by atoms with Crippen LogP contribution in [0.2, 0.25) is 0 Å². The van der Waals surface area contributed by atoms with Gasteiger partial charge in [0.05, 0.1) is 18.0 Å². The Balaban J connectivity index is 1.41. The zero-order valence-electron chi connectivity index (χ0n) is 19.7. The molecule has 0 aromatic carbocycles. The van der Waals surface area contributed by atoms with Crippen molar-refractivity contribution in [3.63, 3.8) is 0 Å². The Hall–Kier alpha value is -2.79.